The lowest BCUT2D eigenvalue weighted by Gasteiger charge is -2.23. The number of fused-ring (bicyclic) bond motifs is 1. The number of para-hydroxylation sites is 1. The molecule has 3 aromatic carbocycles. The Labute approximate surface area is 220 Å². The molecule has 0 radical (unpaired) electrons. The van der Waals surface area contributed by atoms with Gasteiger partial charge in [-0.05, 0) is 52.1 Å². The van der Waals surface area contributed by atoms with Crippen LogP contribution in [0.2, 0.25) is 0 Å². The van der Waals surface area contributed by atoms with Crippen molar-refractivity contribution in [1.29, 1.82) is 0 Å². The summed E-state index contributed by atoms with van der Waals surface area (Å²) in [6.07, 6.45) is 0.819. The number of H-pyrrole nitrogens is 1. The molecule has 1 N–H and O–H groups in total. The van der Waals surface area contributed by atoms with Crippen LogP contribution in [0.5, 0.6) is 11.5 Å². The first kappa shape index (κ1) is 25.2. The zero-order valence-corrected chi connectivity index (χ0v) is 21.5. The molecular weight excluding hydrogens is 480 g/mol. The maximum absolute atomic E-state index is 13.1. The molecule has 0 saturated carbocycles. The largest absolute Gasteiger partial charge is 0.497 e. The molecule has 9 heteroatoms. The van der Waals surface area contributed by atoms with Gasteiger partial charge in [-0.25, -0.2) is 4.68 Å². The molecule has 194 valence electrons. The first-order valence-electron chi connectivity index (χ1n) is 12.5. The third kappa shape index (κ3) is 5.90. The summed E-state index contributed by atoms with van der Waals surface area (Å²) in [6, 6.07) is 25.7. The number of aryl methyl sites for hydroxylation is 2. The van der Waals surface area contributed by atoms with Crippen LogP contribution in [0, 0.1) is 0 Å². The Morgan fingerprint density at radius 1 is 0.868 bits per heavy atom. The van der Waals surface area contributed by atoms with Crippen LogP contribution in [0.25, 0.3) is 10.9 Å². The normalized spacial score (nSPS) is 11.2. The average Bonchev–Trinajstić information content (AvgIpc) is 3.39. The number of aromatic nitrogens is 5. The van der Waals surface area contributed by atoms with Gasteiger partial charge in [-0.15, -0.1) is 5.10 Å². The van der Waals surface area contributed by atoms with Crippen molar-refractivity contribution in [1.82, 2.24) is 30.1 Å². The number of ether oxygens (including phenoxy) is 2. The molecule has 0 fully saturated rings. The summed E-state index contributed by atoms with van der Waals surface area (Å²) in [4.78, 5) is 18.2. The van der Waals surface area contributed by atoms with E-state index >= 15 is 0 Å². The number of tetrazole rings is 1. The van der Waals surface area contributed by atoms with Crippen LogP contribution in [-0.4, -0.2) is 44.3 Å². The summed E-state index contributed by atoms with van der Waals surface area (Å²) in [5.74, 6) is 2.22. The molecule has 5 aromatic rings. The smallest absolute Gasteiger partial charge is 0.252 e. The van der Waals surface area contributed by atoms with E-state index in [4.69, 9.17) is 9.47 Å². The number of pyridine rings is 1. The highest BCUT2D eigenvalue weighted by atomic mass is 16.5. The van der Waals surface area contributed by atoms with E-state index in [0.29, 0.717) is 37.5 Å². The monoisotopic (exact) mass is 510 g/mol. The highest BCUT2D eigenvalue weighted by molar-refractivity contribution is 5.80. The second-order valence-electron chi connectivity index (χ2n) is 9.09. The zero-order valence-electron chi connectivity index (χ0n) is 21.5. The average molecular weight is 511 g/mol. The fourth-order valence-corrected chi connectivity index (χ4v) is 4.54. The van der Waals surface area contributed by atoms with Gasteiger partial charge in [0.25, 0.3) is 5.56 Å². The first-order valence-corrected chi connectivity index (χ1v) is 12.5. The quantitative estimate of drug-likeness (QED) is 0.287. The molecule has 2 heterocycles. The number of nitrogens with zero attached hydrogens (tertiary/aromatic N) is 5. The minimum atomic E-state index is -0.139. The molecule has 0 aliphatic rings. The van der Waals surface area contributed by atoms with Gasteiger partial charge in [0.2, 0.25) is 0 Å². The molecule has 9 nitrogen and oxygen atoms in total. The second-order valence-corrected chi connectivity index (χ2v) is 9.09. The summed E-state index contributed by atoms with van der Waals surface area (Å²) < 4.78 is 12.7. The molecule has 0 aliphatic heterocycles. The fourth-order valence-electron chi connectivity index (χ4n) is 4.54. The lowest BCUT2D eigenvalue weighted by atomic mass is 10.1. The molecular formula is C29H30N6O3. The number of nitrogens with one attached hydrogen (secondary N) is 1. The van der Waals surface area contributed by atoms with Crippen molar-refractivity contribution in [3.63, 3.8) is 0 Å². The molecule has 38 heavy (non-hydrogen) atoms. The van der Waals surface area contributed by atoms with Crippen molar-refractivity contribution < 1.29 is 9.47 Å². The number of hydrogen-bond donors (Lipinski definition) is 1. The van der Waals surface area contributed by atoms with Crippen molar-refractivity contribution in [3.8, 4) is 11.5 Å². The summed E-state index contributed by atoms with van der Waals surface area (Å²) in [6.45, 7) is 2.07. The molecule has 0 saturated heterocycles. The highest BCUT2D eigenvalue weighted by Crippen LogP contribution is 2.23. The SMILES string of the molecule is COc1ccc2cc(CN(Cc3ccccc3OC)Cc3nnnn3CCc3ccccc3)c(=O)[nH]c2c1. The minimum Gasteiger partial charge on any atom is -0.497 e. The van der Waals surface area contributed by atoms with Crippen molar-refractivity contribution in [2.75, 3.05) is 14.2 Å². The highest BCUT2D eigenvalue weighted by Gasteiger charge is 2.17. The van der Waals surface area contributed by atoms with Crippen molar-refractivity contribution in [3.05, 3.63) is 112 Å². The Morgan fingerprint density at radius 2 is 1.66 bits per heavy atom. The van der Waals surface area contributed by atoms with Gasteiger partial charge in [0.05, 0.1) is 26.3 Å². The van der Waals surface area contributed by atoms with Crippen LogP contribution in [0.4, 0.5) is 0 Å². The van der Waals surface area contributed by atoms with E-state index in [1.54, 1.807) is 14.2 Å². The Bertz CT molecular complexity index is 1560. The molecule has 0 atom stereocenters. The fraction of sp³-hybridized carbons (Fsp3) is 0.241. The molecule has 0 aliphatic carbocycles. The van der Waals surface area contributed by atoms with Gasteiger partial charge < -0.3 is 14.5 Å². The molecule has 0 unspecified atom stereocenters. The number of rotatable bonds is 11. The second kappa shape index (κ2) is 11.7. The Kier molecular flexibility index (Phi) is 7.75. The predicted molar refractivity (Wildman–Crippen MR) is 145 cm³/mol. The summed E-state index contributed by atoms with van der Waals surface area (Å²) in [5, 5.41) is 13.4. The number of aromatic amines is 1. The third-order valence-corrected chi connectivity index (χ3v) is 6.54. The van der Waals surface area contributed by atoms with E-state index in [2.05, 4.69) is 37.5 Å². The lowest BCUT2D eigenvalue weighted by molar-refractivity contribution is 0.231. The van der Waals surface area contributed by atoms with E-state index < -0.39 is 0 Å². The molecule has 0 spiro atoms. The van der Waals surface area contributed by atoms with Crippen molar-refractivity contribution in [2.24, 2.45) is 0 Å². The predicted octanol–water partition coefficient (Wildman–Crippen LogP) is 3.98. The van der Waals surface area contributed by atoms with Crippen LogP contribution < -0.4 is 15.0 Å². The van der Waals surface area contributed by atoms with Crippen LogP contribution in [-0.2, 0) is 32.6 Å². The maximum Gasteiger partial charge on any atom is 0.252 e. The molecule has 0 amide bonds. The number of methoxy groups -OCH3 is 2. The molecule has 2 aromatic heterocycles. The van der Waals surface area contributed by atoms with E-state index in [0.717, 1.165) is 34.5 Å². The summed E-state index contributed by atoms with van der Waals surface area (Å²) >= 11 is 0. The van der Waals surface area contributed by atoms with Crippen LogP contribution >= 0.6 is 0 Å². The molecule has 0 bridgehead atoms. The topological polar surface area (TPSA) is 98.2 Å². The zero-order chi connectivity index (χ0) is 26.3. The van der Waals surface area contributed by atoms with E-state index in [1.807, 2.05) is 71.4 Å². The van der Waals surface area contributed by atoms with Crippen molar-refractivity contribution >= 4 is 10.9 Å². The van der Waals surface area contributed by atoms with Gasteiger partial charge in [-0.2, -0.15) is 0 Å². The Hall–Kier alpha value is -4.50. The van der Waals surface area contributed by atoms with Gasteiger partial charge in [0.1, 0.15) is 11.5 Å². The van der Waals surface area contributed by atoms with Crippen LogP contribution in [0.3, 0.4) is 0 Å². The van der Waals surface area contributed by atoms with E-state index in [9.17, 15) is 4.79 Å². The first-order chi connectivity index (χ1) is 18.6. The summed E-state index contributed by atoms with van der Waals surface area (Å²) in [5.41, 5.74) is 3.49. The van der Waals surface area contributed by atoms with Gasteiger partial charge in [0, 0.05) is 36.8 Å². The van der Waals surface area contributed by atoms with E-state index in [1.165, 1.54) is 5.56 Å². The van der Waals surface area contributed by atoms with Gasteiger partial charge in [0.15, 0.2) is 5.82 Å². The van der Waals surface area contributed by atoms with E-state index in [-0.39, 0.29) is 5.56 Å². The van der Waals surface area contributed by atoms with Crippen molar-refractivity contribution in [2.45, 2.75) is 32.6 Å². The minimum absolute atomic E-state index is 0.139. The van der Waals surface area contributed by atoms with Crippen LogP contribution in [0.1, 0.15) is 22.5 Å². The Balaban J connectivity index is 1.42. The maximum atomic E-state index is 13.1. The van der Waals surface area contributed by atoms with Gasteiger partial charge >= 0.3 is 0 Å². The summed E-state index contributed by atoms with van der Waals surface area (Å²) in [7, 11) is 3.27. The molecule has 5 rings (SSSR count). The number of hydrogen-bond acceptors (Lipinski definition) is 7. The van der Waals surface area contributed by atoms with Gasteiger partial charge in [-0.1, -0.05) is 48.5 Å². The lowest BCUT2D eigenvalue weighted by Crippen LogP contribution is -2.28. The third-order valence-electron chi connectivity index (χ3n) is 6.54. The number of benzene rings is 3. The van der Waals surface area contributed by atoms with Crippen LogP contribution in [0.15, 0.2) is 83.7 Å². The van der Waals surface area contributed by atoms with Gasteiger partial charge in [-0.3, -0.25) is 9.69 Å². The standard InChI is InChI=1S/C29H30N6O3/c1-37-25-13-12-22-16-24(29(36)30-26(22)17-25)19-34(18-23-10-6-7-11-27(23)38-2)20-28-31-32-33-35(28)15-14-21-8-4-3-5-9-21/h3-13,16-17H,14-15,18-20H2,1-2H3,(H,30,36). The Morgan fingerprint density at radius 3 is 2.47 bits per heavy atom.